The van der Waals surface area contributed by atoms with Gasteiger partial charge in [0.25, 0.3) is 10.0 Å². The summed E-state index contributed by atoms with van der Waals surface area (Å²) in [5, 5.41) is 14.9. The second-order valence-electron chi connectivity index (χ2n) is 13.7. The normalized spacial score (nSPS) is 15.8. The Balaban J connectivity index is 1.02. The third-order valence-electron chi connectivity index (χ3n) is 10.0. The van der Waals surface area contributed by atoms with Crippen molar-refractivity contribution in [2.24, 2.45) is 9.50 Å². The molecule has 11 heteroatoms. The summed E-state index contributed by atoms with van der Waals surface area (Å²) in [5.74, 6) is -0.0308. The molecule has 1 aliphatic heterocycles. The first kappa shape index (κ1) is 36.9. The highest BCUT2D eigenvalue weighted by atomic mass is 35.5. The molecule has 53 heavy (non-hydrogen) atoms. The van der Waals surface area contributed by atoms with E-state index in [1.54, 1.807) is 12.1 Å². The van der Waals surface area contributed by atoms with Gasteiger partial charge < -0.3 is 5.32 Å². The van der Waals surface area contributed by atoms with E-state index in [-0.39, 0.29) is 10.8 Å². The fourth-order valence-corrected chi connectivity index (χ4v) is 8.30. The third-order valence-corrected chi connectivity index (χ3v) is 11.7. The van der Waals surface area contributed by atoms with Crippen LogP contribution in [0.5, 0.6) is 0 Å². The molecule has 4 aromatic carbocycles. The molecule has 8 nitrogen and oxygen atoms in total. The molecule has 0 saturated carbocycles. The van der Waals surface area contributed by atoms with Gasteiger partial charge in [-0.2, -0.15) is 13.5 Å². The lowest BCUT2D eigenvalue weighted by Gasteiger charge is -2.28. The van der Waals surface area contributed by atoms with E-state index in [4.69, 9.17) is 33.3 Å². The summed E-state index contributed by atoms with van der Waals surface area (Å²) in [6.45, 7) is 2.01. The Bertz CT molecular complexity index is 2180. The first-order valence-electron chi connectivity index (χ1n) is 18.5. The van der Waals surface area contributed by atoms with Crippen LogP contribution in [0.2, 0.25) is 10.0 Å². The molecule has 1 atom stereocenters. The van der Waals surface area contributed by atoms with E-state index >= 15 is 0 Å². The fraction of sp³-hybridized carbons (Fsp3) is 0.310. The maximum absolute atomic E-state index is 13.3. The number of rotatable bonds is 15. The second kappa shape index (κ2) is 17.1. The molecule has 0 radical (unpaired) electrons. The van der Waals surface area contributed by atoms with Crippen molar-refractivity contribution in [3.05, 3.63) is 136 Å². The van der Waals surface area contributed by atoms with E-state index < -0.39 is 10.0 Å². The standard InChI is InChI=1S/C42H44Cl2N6O2S/c43-33-21-19-32(20-22-33)41-38(31-13-5-4-6-14-31)29-50(48-41)49(30-46-53(51,52)35-25-23-34(44)24-26-35)28-12-3-1-2-11-27-45-42-36-15-7-9-17-39(36)47-40-18-10-8-16-37(40)42/h4-7,9,13-15,17,19-26,30,38H,1-3,8,10-12,16,18,27-29H2,(H,45,47). The zero-order valence-electron chi connectivity index (χ0n) is 29.7. The van der Waals surface area contributed by atoms with Crippen LogP contribution in [0.25, 0.3) is 10.9 Å². The first-order valence-corrected chi connectivity index (χ1v) is 20.7. The molecule has 0 amide bonds. The highest BCUT2D eigenvalue weighted by molar-refractivity contribution is 7.90. The molecule has 1 N–H and O–H groups in total. The molecule has 0 bridgehead atoms. The van der Waals surface area contributed by atoms with E-state index in [0.717, 1.165) is 73.8 Å². The molecule has 1 unspecified atom stereocenters. The lowest BCUT2D eigenvalue weighted by molar-refractivity contribution is 0.0626. The quantitative estimate of drug-likeness (QED) is 0.0648. The summed E-state index contributed by atoms with van der Waals surface area (Å²) in [5.41, 5.74) is 7.97. The van der Waals surface area contributed by atoms with Gasteiger partial charge in [-0.05, 0) is 97.7 Å². The van der Waals surface area contributed by atoms with Gasteiger partial charge in [0.2, 0.25) is 0 Å². The van der Waals surface area contributed by atoms with Gasteiger partial charge in [-0.15, -0.1) is 4.40 Å². The number of sulfonamides is 1. The Morgan fingerprint density at radius 3 is 2.28 bits per heavy atom. The van der Waals surface area contributed by atoms with Crippen LogP contribution in [0.1, 0.15) is 73.2 Å². The molecule has 0 spiro atoms. The molecule has 7 rings (SSSR count). The maximum Gasteiger partial charge on any atom is 0.283 e. The molecular weight excluding hydrogens is 723 g/mol. The average molecular weight is 768 g/mol. The fourth-order valence-electron chi connectivity index (χ4n) is 7.21. The van der Waals surface area contributed by atoms with Crippen LogP contribution in [0.3, 0.4) is 0 Å². The number of halogens is 2. The number of nitrogens with one attached hydrogen (secondary N) is 1. The number of hydrazine groups is 1. The molecular formula is C42H44Cl2N6O2S. The van der Waals surface area contributed by atoms with E-state index in [0.29, 0.717) is 23.1 Å². The summed E-state index contributed by atoms with van der Waals surface area (Å²) < 4.78 is 30.6. The Kier molecular flexibility index (Phi) is 11.9. The molecule has 274 valence electrons. The van der Waals surface area contributed by atoms with Crippen molar-refractivity contribution in [3.63, 3.8) is 0 Å². The van der Waals surface area contributed by atoms with E-state index in [9.17, 15) is 8.42 Å². The first-order chi connectivity index (χ1) is 25.9. The number of hydrogen-bond donors (Lipinski definition) is 1. The average Bonchev–Trinajstić information content (AvgIpc) is 3.63. The molecule has 0 fully saturated rings. The molecule has 1 aromatic heterocycles. The van der Waals surface area contributed by atoms with Gasteiger partial charge in [-0.3, -0.25) is 9.99 Å². The van der Waals surface area contributed by atoms with Gasteiger partial charge in [0.05, 0.1) is 28.6 Å². The van der Waals surface area contributed by atoms with Gasteiger partial charge in [0.15, 0.2) is 0 Å². The number of hydrazone groups is 1. The van der Waals surface area contributed by atoms with E-state index in [1.165, 1.54) is 53.6 Å². The Hall–Kier alpha value is -4.44. The zero-order valence-corrected chi connectivity index (χ0v) is 32.0. The summed E-state index contributed by atoms with van der Waals surface area (Å²) in [6.07, 6.45) is 11.0. The van der Waals surface area contributed by atoms with Gasteiger partial charge in [0.1, 0.15) is 6.34 Å². The number of fused-ring (bicyclic) bond motifs is 2. The minimum absolute atomic E-state index is 0.0308. The van der Waals surface area contributed by atoms with Crippen LogP contribution in [0, 0.1) is 0 Å². The van der Waals surface area contributed by atoms with Crippen molar-refractivity contribution >= 4 is 61.9 Å². The van der Waals surface area contributed by atoms with Crippen LogP contribution >= 0.6 is 23.2 Å². The number of anilines is 1. The van der Waals surface area contributed by atoms with E-state index in [2.05, 4.69) is 46.1 Å². The van der Waals surface area contributed by atoms with Crippen LogP contribution < -0.4 is 5.32 Å². The third kappa shape index (κ3) is 9.03. The van der Waals surface area contributed by atoms with Crippen molar-refractivity contribution in [1.29, 1.82) is 0 Å². The van der Waals surface area contributed by atoms with Crippen LogP contribution in [0.4, 0.5) is 5.69 Å². The number of aromatic nitrogens is 1. The highest BCUT2D eigenvalue weighted by Gasteiger charge is 2.32. The topological polar surface area (TPSA) is 90.3 Å². The summed E-state index contributed by atoms with van der Waals surface area (Å²) in [7, 11) is -3.96. The van der Waals surface area contributed by atoms with Crippen molar-refractivity contribution in [2.75, 3.05) is 25.0 Å². The smallest absolute Gasteiger partial charge is 0.283 e. The number of pyridine rings is 1. The van der Waals surface area contributed by atoms with Crippen molar-refractivity contribution in [1.82, 2.24) is 15.1 Å². The maximum atomic E-state index is 13.3. The number of benzene rings is 4. The predicted molar refractivity (Wildman–Crippen MR) is 218 cm³/mol. The number of unbranched alkanes of at least 4 members (excludes halogenated alkanes) is 4. The number of aryl methyl sites for hydroxylation is 1. The van der Waals surface area contributed by atoms with Crippen LogP contribution in [-0.2, 0) is 22.9 Å². The molecule has 2 heterocycles. The minimum Gasteiger partial charge on any atom is -0.384 e. The van der Waals surface area contributed by atoms with Gasteiger partial charge >= 0.3 is 0 Å². The van der Waals surface area contributed by atoms with Crippen LogP contribution in [0.15, 0.2) is 118 Å². The monoisotopic (exact) mass is 766 g/mol. The lowest BCUT2D eigenvalue weighted by atomic mass is 9.91. The second-order valence-corrected chi connectivity index (χ2v) is 16.2. The zero-order chi connectivity index (χ0) is 36.6. The predicted octanol–water partition coefficient (Wildman–Crippen LogP) is 9.92. The molecule has 2 aliphatic rings. The van der Waals surface area contributed by atoms with Gasteiger partial charge in [-0.25, -0.2) is 5.12 Å². The molecule has 0 saturated heterocycles. The minimum atomic E-state index is -3.96. The van der Waals surface area contributed by atoms with Crippen molar-refractivity contribution in [2.45, 2.75) is 68.6 Å². The van der Waals surface area contributed by atoms with Gasteiger partial charge in [0, 0.05) is 39.9 Å². The lowest BCUT2D eigenvalue weighted by Crippen LogP contribution is -2.38. The Morgan fingerprint density at radius 1 is 0.811 bits per heavy atom. The van der Waals surface area contributed by atoms with Crippen molar-refractivity contribution < 1.29 is 8.42 Å². The molecule has 1 aliphatic carbocycles. The highest BCUT2D eigenvalue weighted by Crippen LogP contribution is 2.34. The number of nitrogens with zero attached hydrogens (tertiary/aromatic N) is 5. The summed E-state index contributed by atoms with van der Waals surface area (Å²) in [4.78, 5) is 5.06. The van der Waals surface area contributed by atoms with Gasteiger partial charge in [-0.1, -0.05) is 103 Å². The summed E-state index contributed by atoms with van der Waals surface area (Å²) in [6, 6.07) is 32.4. The Labute approximate surface area is 322 Å². The molecule has 5 aromatic rings. The number of para-hydroxylation sites is 1. The van der Waals surface area contributed by atoms with Crippen molar-refractivity contribution in [3.8, 4) is 0 Å². The van der Waals surface area contributed by atoms with E-state index in [1.807, 2.05) is 52.6 Å². The largest absolute Gasteiger partial charge is 0.384 e. The SMILES string of the molecule is O=S(=O)(N=CN(CCCCCCCNc1c2c(nc3ccccc13)CCCC2)N1CC(c2ccccc2)C(c2ccc(Cl)cc2)=N1)c1ccc(Cl)cc1. The summed E-state index contributed by atoms with van der Waals surface area (Å²) >= 11 is 12.3. The van der Waals surface area contributed by atoms with Crippen LogP contribution in [-0.4, -0.2) is 55.2 Å². The number of hydrogen-bond acceptors (Lipinski definition) is 6. The Morgan fingerprint density at radius 2 is 1.49 bits per heavy atom.